The number of hydrogen-bond acceptors (Lipinski definition) is 5. The lowest BCUT2D eigenvalue weighted by Gasteiger charge is -2.32. The molecule has 8 heteroatoms. The van der Waals surface area contributed by atoms with E-state index in [9.17, 15) is 14.4 Å². The zero-order valence-electron chi connectivity index (χ0n) is 19.9. The molecule has 0 spiro atoms. The molecule has 36 heavy (non-hydrogen) atoms. The molecule has 3 aromatic carbocycles. The molecule has 6 rings (SSSR count). The Kier molecular flexibility index (Phi) is 5.48. The highest BCUT2D eigenvalue weighted by atomic mass is 32.1. The van der Waals surface area contributed by atoms with Gasteiger partial charge in [-0.15, -0.1) is 11.3 Å². The van der Waals surface area contributed by atoms with Crippen LogP contribution in [-0.4, -0.2) is 52.3 Å². The standard InChI is InChI=1S/C28H26N4O3S/c1-28(21-12-6-9-18-8-2-3-11-20(18)21)26(34)32(27(35)30-28)17-24(33)31-15-7-10-19(16-31)25-29-22-13-4-5-14-23(22)36-25/h2-6,8-9,11-14,19H,7,10,15-17H2,1H3,(H,30,35)/t19-,28-/m1/s1. The Bertz CT molecular complexity index is 1480. The number of aromatic nitrogens is 1. The molecule has 4 aromatic rings. The van der Waals surface area contributed by atoms with Gasteiger partial charge in [0, 0.05) is 19.0 Å². The highest BCUT2D eigenvalue weighted by Crippen LogP contribution is 2.35. The second-order valence-electron chi connectivity index (χ2n) is 9.67. The molecule has 3 heterocycles. The molecule has 0 radical (unpaired) electrons. The summed E-state index contributed by atoms with van der Waals surface area (Å²) in [5.41, 5.74) is 0.472. The van der Waals surface area contributed by atoms with E-state index in [4.69, 9.17) is 4.98 Å². The smallest absolute Gasteiger partial charge is 0.325 e. The first-order chi connectivity index (χ1) is 17.4. The van der Waals surface area contributed by atoms with Crippen molar-refractivity contribution in [3.05, 3.63) is 77.3 Å². The average Bonchev–Trinajstić information content (AvgIpc) is 3.43. The second kappa shape index (κ2) is 8.71. The second-order valence-corrected chi connectivity index (χ2v) is 10.7. The number of carbonyl (C=O) groups is 3. The number of amides is 4. The van der Waals surface area contributed by atoms with Gasteiger partial charge in [0.25, 0.3) is 5.91 Å². The summed E-state index contributed by atoms with van der Waals surface area (Å²) in [4.78, 5) is 47.4. The van der Waals surface area contributed by atoms with Crippen LogP contribution >= 0.6 is 11.3 Å². The summed E-state index contributed by atoms with van der Waals surface area (Å²) in [5, 5.41) is 5.78. The SMILES string of the molecule is C[C@]1(c2cccc3ccccc23)NC(=O)N(CC(=O)N2CCC[C@@H](c3nc4ccccc4s3)C2)C1=O. The van der Waals surface area contributed by atoms with Crippen molar-refractivity contribution in [2.75, 3.05) is 19.6 Å². The molecular weight excluding hydrogens is 472 g/mol. The van der Waals surface area contributed by atoms with Crippen LogP contribution in [0.3, 0.4) is 0 Å². The molecular formula is C28H26N4O3S. The maximum atomic E-state index is 13.5. The number of nitrogens with zero attached hydrogens (tertiary/aromatic N) is 3. The van der Waals surface area contributed by atoms with Gasteiger partial charge in [-0.05, 0) is 48.2 Å². The van der Waals surface area contributed by atoms with Crippen molar-refractivity contribution < 1.29 is 14.4 Å². The first-order valence-corrected chi connectivity index (χ1v) is 13.0. The molecule has 7 nitrogen and oxygen atoms in total. The first-order valence-electron chi connectivity index (χ1n) is 12.2. The highest BCUT2D eigenvalue weighted by molar-refractivity contribution is 7.18. The van der Waals surface area contributed by atoms with Crippen molar-refractivity contribution >= 4 is 50.2 Å². The van der Waals surface area contributed by atoms with Crippen molar-refractivity contribution in [1.82, 2.24) is 20.1 Å². The van der Waals surface area contributed by atoms with E-state index in [0.717, 1.165) is 49.3 Å². The fourth-order valence-corrected chi connectivity index (χ4v) is 6.48. The topological polar surface area (TPSA) is 82.6 Å². The summed E-state index contributed by atoms with van der Waals surface area (Å²) in [7, 11) is 0. The summed E-state index contributed by atoms with van der Waals surface area (Å²) >= 11 is 1.67. The third-order valence-electron chi connectivity index (χ3n) is 7.33. The van der Waals surface area contributed by atoms with Gasteiger partial charge in [0.15, 0.2) is 0 Å². The van der Waals surface area contributed by atoms with Gasteiger partial charge >= 0.3 is 6.03 Å². The van der Waals surface area contributed by atoms with Crippen molar-refractivity contribution in [2.24, 2.45) is 0 Å². The molecule has 2 aliphatic rings. The number of hydrogen-bond donors (Lipinski definition) is 1. The van der Waals surface area contributed by atoms with Gasteiger partial charge in [-0.2, -0.15) is 0 Å². The number of para-hydroxylation sites is 1. The van der Waals surface area contributed by atoms with E-state index in [1.807, 2.05) is 60.7 Å². The predicted octanol–water partition coefficient (Wildman–Crippen LogP) is 4.62. The zero-order valence-corrected chi connectivity index (χ0v) is 20.8. The Balaban J connectivity index is 1.20. The van der Waals surface area contributed by atoms with Crippen LogP contribution < -0.4 is 5.32 Å². The number of imide groups is 1. The predicted molar refractivity (Wildman–Crippen MR) is 140 cm³/mol. The minimum absolute atomic E-state index is 0.157. The molecule has 0 bridgehead atoms. The maximum absolute atomic E-state index is 13.5. The average molecular weight is 499 g/mol. The number of carbonyl (C=O) groups excluding carboxylic acids is 3. The van der Waals surface area contributed by atoms with Crippen LogP contribution in [0.1, 0.15) is 36.3 Å². The van der Waals surface area contributed by atoms with Gasteiger partial charge in [-0.3, -0.25) is 14.5 Å². The fourth-order valence-electron chi connectivity index (χ4n) is 5.39. The van der Waals surface area contributed by atoms with Crippen LogP contribution in [0, 0.1) is 0 Å². The number of nitrogens with one attached hydrogen (secondary N) is 1. The molecule has 1 N–H and O–H groups in total. The van der Waals surface area contributed by atoms with Crippen LogP contribution in [0.5, 0.6) is 0 Å². The van der Waals surface area contributed by atoms with Gasteiger partial charge < -0.3 is 10.2 Å². The van der Waals surface area contributed by atoms with E-state index in [1.54, 1.807) is 23.2 Å². The summed E-state index contributed by atoms with van der Waals surface area (Å²) in [5.74, 6) is -0.465. The van der Waals surface area contributed by atoms with Crippen molar-refractivity contribution in [3.8, 4) is 0 Å². The van der Waals surface area contributed by atoms with Gasteiger partial charge in [0.1, 0.15) is 12.1 Å². The zero-order chi connectivity index (χ0) is 24.9. The van der Waals surface area contributed by atoms with E-state index in [-0.39, 0.29) is 18.4 Å². The third-order valence-corrected chi connectivity index (χ3v) is 8.53. The normalized spacial score (nSPS) is 22.4. The summed E-state index contributed by atoms with van der Waals surface area (Å²) in [6, 6.07) is 21.0. The number of rotatable bonds is 4. The summed E-state index contributed by atoms with van der Waals surface area (Å²) < 4.78 is 1.14. The number of benzene rings is 3. The Morgan fingerprint density at radius 3 is 2.72 bits per heavy atom. The molecule has 2 saturated heterocycles. The molecule has 2 aliphatic heterocycles. The van der Waals surface area contributed by atoms with Gasteiger partial charge in [0.05, 0.1) is 15.2 Å². The lowest BCUT2D eigenvalue weighted by atomic mass is 9.88. The molecule has 182 valence electrons. The molecule has 0 aliphatic carbocycles. The minimum Gasteiger partial charge on any atom is -0.340 e. The van der Waals surface area contributed by atoms with E-state index in [1.165, 1.54) is 0 Å². The quantitative estimate of drug-likeness (QED) is 0.416. The lowest BCUT2D eigenvalue weighted by molar-refractivity contribution is -0.139. The van der Waals surface area contributed by atoms with Gasteiger partial charge in [0.2, 0.25) is 5.91 Å². The summed E-state index contributed by atoms with van der Waals surface area (Å²) in [6.07, 6.45) is 1.83. The maximum Gasteiger partial charge on any atom is 0.325 e. The van der Waals surface area contributed by atoms with Gasteiger partial charge in [-0.25, -0.2) is 9.78 Å². The molecule has 0 unspecified atom stereocenters. The van der Waals surface area contributed by atoms with Crippen LogP contribution in [-0.2, 0) is 15.1 Å². The Morgan fingerprint density at radius 2 is 1.86 bits per heavy atom. The van der Waals surface area contributed by atoms with E-state index < -0.39 is 17.5 Å². The highest BCUT2D eigenvalue weighted by Gasteiger charge is 2.50. The van der Waals surface area contributed by atoms with Crippen molar-refractivity contribution in [3.63, 3.8) is 0 Å². The Labute approximate surface area is 212 Å². The first kappa shape index (κ1) is 22.7. The minimum atomic E-state index is -1.23. The number of thiazole rings is 1. The number of piperidine rings is 1. The molecule has 1 aromatic heterocycles. The van der Waals surface area contributed by atoms with Crippen LogP contribution in [0.4, 0.5) is 4.79 Å². The largest absolute Gasteiger partial charge is 0.340 e. The molecule has 2 fully saturated rings. The summed E-state index contributed by atoms with van der Waals surface area (Å²) in [6.45, 7) is 2.61. The van der Waals surface area contributed by atoms with Crippen LogP contribution in [0.2, 0.25) is 0 Å². The number of likely N-dealkylation sites (tertiary alicyclic amines) is 1. The van der Waals surface area contributed by atoms with E-state index in [2.05, 4.69) is 11.4 Å². The van der Waals surface area contributed by atoms with Crippen LogP contribution in [0.15, 0.2) is 66.7 Å². The third kappa shape index (κ3) is 3.73. The lowest BCUT2D eigenvalue weighted by Crippen LogP contribution is -2.47. The van der Waals surface area contributed by atoms with Crippen molar-refractivity contribution in [1.29, 1.82) is 0 Å². The number of urea groups is 1. The van der Waals surface area contributed by atoms with Crippen molar-refractivity contribution in [2.45, 2.75) is 31.2 Å². The monoisotopic (exact) mass is 498 g/mol. The van der Waals surface area contributed by atoms with E-state index in [0.29, 0.717) is 13.1 Å². The molecule has 2 atom stereocenters. The van der Waals surface area contributed by atoms with E-state index >= 15 is 0 Å². The van der Waals surface area contributed by atoms with Gasteiger partial charge in [-0.1, -0.05) is 54.6 Å². The number of fused-ring (bicyclic) bond motifs is 2. The molecule has 4 amide bonds. The Morgan fingerprint density at radius 1 is 1.08 bits per heavy atom. The molecule has 0 saturated carbocycles. The fraction of sp³-hybridized carbons (Fsp3) is 0.286. The van der Waals surface area contributed by atoms with Crippen LogP contribution in [0.25, 0.3) is 21.0 Å². The Hall–Kier alpha value is -3.78.